The van der Waals surface area contributed by atoms with Crippen LogP contribution < -0.4 is 10.0 Å². The normalized spacial score (nSPS) is 18.4. The van der Waals surface area contributed by atoms with E-state index in [-0.39, 0.29) is 11.9 Å². The molecule has 176 valence electrons. The molecule has 1 aromatic heterocycles. The van der Waals surface area contributed by atoms with Crippen LogP contribution in [0.15, 0.2) is 89.4 Å². The number of carbonyl (C=O) groups excluding carboxylic acids is 1. The predicted octanol–water partition coefficient (Wildman–Crippen LogP) is 6.90. The van der Waals surface area contributed by atoms with Gasteiger partial charge < -0.3 is 15.0 Å². The molecule has 34 heavy (non-hydrogen) atoms. The van der Waals surface area contributed by atoms with Gasteiger partial charge in [0.15, 0.2) is 0 Å². The summed E-state index contributed by atoms with van der Waals surface area (Å²) in [4.78, 5) is 22.3. The van der Waals surface area contributed by atoms with Gasteiger partial charge in [-0.2, -0.15) is 0 Å². The van der Waals surface area contributed by atoms with Crippen LogP contribution in [0.3, 0.4) is 0 Å². The van der Waals surface area contributed by atoms with Crippen molar-refractivity contribution in [3.63, 3.8) is 0 Å². The largest absolute Gasteiger partial charge is 0.349 e. The molecule has 2 aromatic carbocycles. The predicted molar refractivity (Wildman–Crippen MR) is 143 cm³/mol. The fourth-order valence-electron chi connectivity index (χ4n) is 4.30. The molecule has 3 aromatic rings. The van der Waals surface area contributed by atoms with Crippen LogP contribution in [-0.4, -0.2) is 21.9 Å². The molecule has 6 heteroatoms. The van der Waals surface area contributed by atoms with Crippen molar-refractivity contribution in [1.82, 2.24) is 15.3 Å². The molecule has 1 fully saturated rings. The molecular formula is C28H32N4OS. The maximum atomic E-state index is 12.7. The van der Waals surface area contributed by atoms with Gasteiger partial charge in [-0.3, -0.25) is 4.79 Å². The number of aromatic nitrogens is 2. The quantitative estimate of drug-likeness (QED) is 0.189. The smallest absolute Gasteiger partial charge is 0.251 e. The Morgan fingerprint density at radius 1 is 1.12 bits per heavy atom. The molecular weight excluding hydrogens is 440 g/mol. The molecule has 1 aliphatic rings. The number of carbonyl (C=O) groups is 1. The molecule has 0 radical (unpaired) electrons. The van der Waals surface area contributed by atoms with E-state index in [4.69, 9.17) is 4.98 Å². The van der Waals surface area contributed by atoms with Gasteiger partial charge in [0.2, 0.25) is 0 Å². The van der Waals surface area contributed by atoms with Crippen molar-refractivity contribution in [2.45, 2.75) is 56.4 Å². The van der Waals surface area contributed by atoms with Gasteiger partial charge in [-0.15, -0.1) is 0 Å². The zero-order valence-electron chi connectivity index (χ0n) is 19.8. The Morgan fingerprint density at radius 3 is 2.59 bits per heavy atom. The van der Waals surface area contributed by atoms with Crippen LogP contribution in [-0.2, 0) is 4.79 Å². The molecule has 0 spiro atoms. The van der Waals surface area contributed by atoms with E-state index in [1.165, 1.54) is 4.90 Å². The highest BCUT2D eigenvalue weighted by Gasteiger charge is 2.26. The van der Waals surface area contributed by atoms with Gasteiger partial charge in [0.1, 0.15) is 5.82 Å². The van der Waals surface area contributed by atoms with Crippen LogP contribution in [0.4, 0.5) is 5.69 Å². The summed E-state index contributed by atoms with van der Waals surface area (Å²) in [5.74, 6) is 1.41. The lowest BCUT2D eigenvalue weighted by Crippen LogP contribution is -2.38. The lowest BCUT2D eigenvalue weighted by Gasteiger charge is -2.28. The molecule has 0 bridgehead atoms. The van der Waals surface area contributed by atoms with Crippen molar-refractivity contribution in [1.29, 1.82) is 0 Å². The average molecular weight is 473 g/mol. The fourth-order valence-corrected chi connectivity index (χ4v) is 4.96. The maximum Gasteiger partial charge on any atom is 0.251 e. The second kappa shape index (κ2) is 11.3. The molecule has 0 aliphatic heterocycles. The first-order chi connectivity index (χ1) is 16.5. The Balaban J connectivity index is 1.34. The first kappa shape index (κ1) is 23.9. The molecule has 4 rings (SSSR count). The second-order valence-electron chi connectivity index (χ2n) is 8.97. The number of aromatic amines is 1. The number of benzene rings is 2. The van der Waals surface area contributed by atoms with Gasteiger partial charge in [0.05, 0.1) is 11.0 Å². The van der Waals surface area contributed by atoms with Gasteiger partial charge >= 0.3 is 0 Å². The third-order valence-electron chi connectivity index (χ3n) is 5.98. The lowest BCUT2D eigenvalue weighted by atomic mass is 9.85. The van der Waals surface area contributed by atoms with Gasteiger partial charge in [-0.05, 0) is 81.8 Å². The van der Waals surface area contributed by atoms with Crippen molar-refractivity contribution >= 4 is 34.6 Å². The van der Waals surface area contributed by atoms with Gasteiger partial charge in [-0.25, -0.2) is 4.98 Å². The number of nitrogens with one attached hydrogen (secondary N) is 3. The highest BCUT2D eigenvalue weighted by atomic mass is 32.2. The Labute approximate surface area is 206 Å². The summed E-state index contributed by atoms with van der Waals surface area (Å²) in [5.41, 5.74) is 4.83. The van der Waals surface area contributed by atoms with Crippen LogP contribution in [0.2, 0.25) is 0 Å². The van der Waals surface area contributed by atoms with Crippen molar-refractivity contribution in [3.8, 4) is 0 Å². The number of rotatable bonds is 8. The summed E-state index contributed by atoms with van der Waals surface area (Å²) in [7, 11) is 0. The zero-order chi connectivity index (χ0) is 23.9. The Kier molecular flexibility index (Phi) is 7.91. The number of amides is 1. The van der Waals surface area contributed by atoms with Crippen LogP contribution >= 0.6 is 11.9 Å². The molecule has 1 saturated carbocycles. The van der Waals surface area contributed by atoms with Gasteiger partial charge in [0.25, 0.3) is 5.91 Å². The number of H-pyrrole nitrogens is 1. The number of allylic oxidation sites excluding steroid dienone is 3. The number of nitrogens with zero attached hydrogens (tertiary/aromatic N) is 1. The molecule has 5 nitrogen and oxygen atoms in total. The lowest BCUT2D eigenvalue weighted by molar-refractivity contribution is -0.118. The number of imidazole rings is 1. The average Bonchev–Trinajstić information content (AvgIpc) is 3.27. The molecule has 0 unspecified atom stereocenters. The number of hydrogen-bond donors (Lipinski definition) is 3. The van der Waals surface area contributed by atoms with Crippen molar-refractivity contribution in [2.75, 3.05) is 4.72 Å². The molecule has 1 aliphatic carbocycles. The molecule has 0 saturated heterocycles. The topological polar surface area (TPSA) is 69.8 Å². The van der Waals surface area contributed by atoms with Crippen LogP contribution in [0.1, 0.15) is 51.3 Å². The number of hydrogen-bond acceptors (Lipinski definition) is 4. The number of anilines is 1. The molecule has 0 atom stereocenters. The van der Waals surface area contributed by atoms with Crippen molar-refractivity contribution in [3.05, 3.63) is 90.3 Å². The first-order valence-electron chi connectivity index (χ1n) is 11.8. The van der Waals surface area contributed by atoms with E-state index >= 15 is 0 Å². The van der Waals surface area contributed by atoms with Crippen LogP contribution in [0, 0.1) is 0 Å². The Morgan fingerprint density at radius 2 is 1.88 bits per heavy atom. The van der Waals surface area contributed by atoms with Crippen LogP contribution in [0.25, 0.3) is 11.0 Å². The summed E-state index contributed by atoms with van der Waals surface area (Å²) in [5, 5.41) is 3.20. The van der Waals surface area contributed by atoms with Crippen molar-refractivity contribution in [2.24, 2.45) is 0 Å². The minimum absolute atomic E-state index is 0.0262. The number of fused-ring (bicyclic) bond motifs is 1. The summed E-state index contributed by atoms with van der Waals surface area (Å²) in [6.07, 6.45) is 9.23. The minimum atomic E-state index is -0.0262. The zero-order valence-corrected chi connectivity index (χ0v) is 20.6. The Bertz CT molecular complexity index is 1200. The second-order valence-corrected chi connectivity index (χ2v) is 9.85. The van der Waals surface area contributed by atoms with Gasteiger partial charge in [-0.1, -0.05) is 48.6 Å². The highest BCUT2D eigenvalue weighted by molar-refractivity contribution is 8.00. The SMILES string of the molecule is C=C/C=C(\C=C(C)C)C(=O)NC1CCC(c2nc3ccc(NSc4ccccc4)cc3[nH]2)CC1. The standard InChI is InChI=1S/C28H32N4OS/c1-4-8-21(17-19(2)3)28(33)29-22-13-11-20(12-14-22)27-30-25-16-15-23(18-26(25)31-27)32-34-24-9-6-5-7-10-24/h4-10,15-18,20,22,32H,1,11-14H2,2-3H3,(H,29,33)(H,30,31)/b21-8+. The van der Waals surface area contributed by atoms with E-state index in [1.54, 1.807) is 24.1 Å². The molecule has 1 amide bonds. The summed E-state index contributed by atoms with van der Waals surface area (Å²) in [6, 6.07) is 16.7. The van der Waals surface area contributed by atoms with Crippen molar-refractivity contribution < 1.29 is 4.79 Å². The molecule has 3 N–H and O–H groups in total. The van der Waals surface area contributed by atoms with E-state index < -0.39 is 0 Å². The summed E-state index contributed by atoms with van der Waals surface area (Å²) in [6.45, 7) is 7.71. The monoisotopic (exact) mass is 472 g/mol. The van der Waals surface area contributed by atoms with E-state index in [2.05, 4.69) is 51.9 Å². The van der Waals surface area contributed by atoms with E-state index in [0.717, 1.165) is 53.8 Å². The van der Waals surface area contributed by atoms with Crippen LogP contribution in [0.5, 0.6) is 0 Å². The maximum absolute atomic E-state index is 12.7. The summed E-state index contributed by atoms with van der Waals surface area (Å²) >= 11 is 1.60. The summed E-state index contributed by atoms with van der Waals surface area (Å²) < 4.78 is 3.41. The third-order valence-corrected chi connectivity index (χ3v) is 6.83. The molecule has 1 heterocycles. The Hall–Kier alpha value is -3.25. The minimum Gasteiger partial charge on any atom is -0.349 e. The first-order valence-corrected chi connectivity index (χ1v) is 12.6. The fraction of sp³-hybridized carbons (Fsp3) is 0.286. The van der Waals surface area contributed by atoms with E-state index in [0.29, 0.717) is 11.5 Å². The highest BCUT2D eigenvalue weighted by Crippen LogP contribution is 2.33. The van der Waals surface area contributed by atoms with E-state index in [1.807, 2.05) is 38.1 Å². The third kappa shape index (κ3) is 6.20. The van der Waals surface area contributed by atoms with Gasteiger partial charge in [0, 0.05) is 28.1 Å². The van der Waals surface area contributed by atoms with E-state index in [9.17, 15) is 4.79 Å².